The summed E-state index contributed by atoms with van der Waals surface area (Å²) in [4.78, 5) is 40.0. The summed E-state index contributed by atoms with van der Waals surface area (Å²) in [6.07, 6.45) is 1.30. The topological polar surface area (TPSA) is 80.6 Å². The Bertz CT molecular complexity index is 1010. The van der Waals surface area contributed by atoms with Gasteiger partial charge in [0.05, 0.1) is 13.2 Å². The molecule has 1 saturated heterocycles. The number of ether oxygens (including phenoxy) is 1. The predicted molar refractivity (Wildman–Crippen MR) is 107 cm³/mol. The molecule has 0 saturated carbocycles. The first kappa shape index (κ1) is 19.2. The number of carbonyl (C=O) groups excluding carboxylic acids is 3. The number of ketones is 1. The summed E-state index contributed by atoms with van der Waals surface area (Å²) in [6, 6.07) is 8.51. The monoisotopic (exact) mass is 395 g/mol. The number of Topliss-reactive ketones (excluding diaryl/α,β-unsaturated/α-hetero) is 1. The molecule has 1 N–H and O–H groups in total. The summed E-state index contributed by atoms with van der Waals surface area (Å²) >= 11 is 0. The second-order valence-corrected chi connectivity index (χ2v) is 7.68. The molecule has 1 aromatic heterocycles. The van der Waals surface area contributed by atoms with Crippen molar-refractivity contribution in [3.05, 3.63) is 52.8 Å². The normalized spacial score (nSPS) is 20.6. The van der Waals surface area contributed by atoms with Crippen molar-refractivity contribution in [2.45, 2.75) is 45.7 Å². The molecule has 0 unspecified atom stereocenters. The average molecular weight is 395 g/mol. The van der Waals surface area contributed by atoms with E-state index in [0.717, 1.165) is 29.3 Å². The van der Waals surface area contributed by atoms with Crippen molar-refractivity contribution in [2.24, 2.45) is 0 Å². The highest BCUT2D eigenvalue weighted by Gasteiger charge is 2.55. The van der Waals surface area contributed by atoms with Gasteiger partial charge < -0.3 is 14.6 Å². The van der Waals surface area contributed by atoms with Crippen LogP contribution in [0.5, 0.6) is 5.75 Å². The fourth-order valence-corrected chi connectivity index (χ4v) is 4.40. The van der Waals surface area contributed by atoms with Crippen LogP contribution in [0, 0.1) is 13.8 Å². The summed E-state index contributed by atoms with van der Waals surface area (Å²) in [5.41, 5.74) is 1.91. The van der Waals surface area contributed by atoms with Gasteiger partial charge in [-0.15, -0.1) is 0 Å². The smallest absolute Gasteiger partial charge is 0.325 e. The van der Waals surface area contributed by atoms with Gasteiger partial charge in [-0.3, -0.25) is 14.5 Å². The van der Waals surface area contributed by atoms with Crippen molar-refractivity contribution >= 4 is 17.7 Å². The molecule has 29 heavy (non-hydrogen) atoms. The van der Waals surface area contributed by atoms with Crippen molar-refractivity contribution in [3.8, 4) is 5.75 Å². The largest absolute Gasteiger partial charge is 0.493 e. The maximum atomic E-state index is 13.3. The van der Waals surface area contributed by atoms with Gasteiger partial charge in [0.15, 0.2) is 11.3 Å². The van der Waals surface area contributed by atoms with Gasteiger partial charge in [-0.25, -0.2) is 4.79 Å². The maximum Gasteiger partial charge on any atom is 0.325 e. The molecule has 3 amide bonds. The van der Waals surface area contributed by atoms with Crippen LogP contribution in [0.1, 0.15) is 47.1 Å². The van der Waals surface area contributed by atoms with E-state index in [0.29, 0.717) is 29.9 Å². The molecule has 0 bridgehead atoms. The molecule has 7 heteroatoms. The van der Waals surface area contributed by atoms with E-state index >= 15 is 0 Å². The van der Waals surface area contributed by atoms with Crippen LogP contribution >= 0.6 is 0 Å². The number of rotatable bonds is 5. The second-order valence-electron chi connectivity index (χ2n) is 7.68. The standard InChI is InChI=1S/C22H25N3O4/c1-4-10-24-14(2)12-16(15(24)3)18(26)13-25-20(27)22(23-21(25)28)9-11-29-19-8-6-5-7-17(19)22/h5-8,12H,4,9-11,13H2,1-3H3,(H,23,28)/t22-/m1/s1. The Labute approximate surface area is 169 Å². The lowest BCUT2D eigenvalue weighted by molar-refractivity contribution is -0.132. The molecule has 1 aromatic carbocycles. The molecule has 4 rings (SSSR count). The first-order chi connectivity index (χ1) is 13.9. The van der Waals surface area contributed by atoms with Crippen LogP contribution in [0.4, 0.5) is 4.79 Å². The highest BCUT2D eigenvalue weighted by molar-refractivity contribution is 6.12. The first-order valence-corrected chi connectivity index (χ1v) is 9.95. The third-order valence-electron chi connectivity index (χ3n) is 5.88. The first-order valence-electron chi connectivity index (χ1n) is 9.95. The zero-order chi connectivity index (χ0) is 20.8. The quantitative estimate of drug-likeness (QED) is 0.624. The summed E-state index contributed by atoms with van der Waals surface area (Å²) in [6.45, 7) is 6.82. The van der Waals surface area contributed by atoms with Gasteiger partial charge in [0.1, 0.15) is 5.75 Å². The Morgan fingerprint density at radius 3 is 2.76 bits per heavy atom. The minimum atomic E-state index is -1.16. The molecule has 2 aliphatic heterocycles. The Hall–Kier alpha value is -3.09. The van der Waals surface area contributed by atoms with Crippen molar-refractivity contribution in [1.82, 2.24) is 14.8 Å². The Morgan fingerprint density at radius 1 is 1.24 bits per heavy atom. The molecule has 152 valence electrons. The predicted octanol–water partition coefficient (Wildman–Crippen LogP) is 2.93. The second kappa shape index (κ2) is 7.06. The lowest BCUT2D eigenvalue weighted by Gasteiger charge is -2.33. The van der Waals surface area contributed by atoms with Gasteiger partial charge in [-0.2, -0.15) is 0 Å². The van der Waals surface area contributed by atoms with Crippen LogP contribution in [0.3, 0.4) is 0 Å². The van der Waals surface area contributed by atoms with E-state index in [1.54, 1.807) is 12.1 Å². The van der Waals surface area contributed by atoms with Gasteiger partial charge in [0, 0.05) is 35.5 Å². The maximum absolute atomic E-state index is 13.3. The van der Waals surface area contributed by atoms with E-state index in [2.05, 4.69) is 16.8 Å². The number of hydrogen-bond donors (Lipinski definition) is 1. The molecular formula is C22H25N3O4. The number of para-hydroxylation sites is 1. The van der Waals surface area contributed by atoms with Crippen LogP contribution < -0.4 is 10.1 Å². The molecular weight excluding hydrogens is 370 g/mol. The molecule has 2 aliphatic rings. The number of aryl methyl sites for hydroxylation is 1. The number of carbonyl (C=O) groups is 3. The van der Waals surface area contributed by atoms with Gasteiger partial charge in [0.25, 0.3) is 5.91 Å². The van der Waals surface area contributed by atoms with Gasteiger partial charge in [-0.1, -0.05) is 25.1 Å². The zero-order valence-electron chi connectivity index (χ0n) is 16.9. The van der Waals surface area contributed by atoms with Gasteiger partial charge >= 0.3 is 6.03 Å². The Morgan fingerprint density at radius 2 is 2.00 bits per heavy atom. The molecule has 1 atom stereocenters. The fourth-order valence-electron chi connectivity index (χ4n) is 4.40. The van der Waals surface area contributed by atoms with Crippen molar-refractivity contribution in [3.63, 3.8) is 0 Å². The van der Waals surface area contributed by atoms with Crippen molar-refractivity contribution in [1.29, 1.82) is 0 Å². The number of hydrogen-bond acceptors (Lipinski definition) is 4. The van der Waals surface area contributed by atoms with E-state index in [9.17, 15) is 14.4 Å². The Kier molecular flexibility index (Phi) is 4.68. The number of benzene rings is 1. The number of imide groups is 1. The van der Waals surface area contributed by atoms with Crippen LogP contribution in [-0.2, 0) is 16.9 Å². The SMILES string of the molecule is CCCn1c(C)cc(C(=O)CN2C(=O)N[C@@]3(CCOc4ccccc43)C2=O)c1C. The number of aromatic nitrogens is 1. The average Bonchev–Trinajstić information content (AvgIpc) is 3.12. The number of amides is 3. The van der Waals surface area contributed by atoms with Crippen LogP contribution in [0.2, 0.25) is 0 Å². The van der Waals surface area contributed by atoms with Crippen LogP contribution in [-0.4, -0.2) is 40.3 Å². The lowest BCUT2D eigenvalue weighted by atomic mass is 9.84. The van der Waals surface area contributed by atoms with E-state index in [4.69, 9.17) is 4.74 Å². The van der Waals surface area contributed by atoms with Gasteiger partial charge in [-0.05, 0) is 32.4 Å². The minimum absolute atomic E-state index is 0.235. The van der Waals surface area contributed by atoms with E-state index in [1.807, 2.05) is 32.0 Å². The molecule has 1 spiro atoms. The number of nitrogens with zero attached hydrogens (tertiary/aromatic N) is 2. The van der Waals surface area contributed by atoms with Crippen molar-refractivity contribution in [2.75, 3.05) is 13.2 Å². The van der Waals surface area contributed by atoms with Crippen molar-refractivity contribution < 1.29 is 19.1 Å². The molecule has 0 radical (unpaired) electrons. The van der Waals surface area contributed by atoms with Crippen LogP contribution in [0.25, 0.3) is 0 Å². The summed E-state index contributed by atoms with van der Waals surface area (Å²) in [5, 5.41) is 2.83. The highest BCUT2D eigenvalue weighted by atomic mass is 16.5. The highest BCUT2D eigenvalue weighted by Crippen LogP contribution is 2.41. The molecule has 2 aromatic rings. The number of urea groups is 1. The molecule has 3 heterocycles. The fraction of sp³-hybridized carbons (Fsp3) is 0.409. The van der Waals surface area contributed by atoms with Crippen LogP contribution in [0.15, 0.2) is 30.3 Å². The third kappa shape index (κ3) is 2.92. The summed E-state index contributed by atoms with van der Waals surface area (Å²) in [5.74, 6) is -0.0426. The molecule has 1 fully saturated rings. The van der Waals surface area contributed by atoms with E-state index in [-0.39, 0.29) is 12.3 Å². The number of fused-ring (bicyclic) bond motifs is 2. The zero-order valence-corrected chi connectivity index (χ0v) is 16.9. The summed E-state index contributed by atoms with van der Waals surface area (Å²) < 4.78 is 7.73. The molecule has 7 nitrogen and oxygen atoms in total. The van der Waals surface area contributed by atoms with E-state index in [1.165, 1.54) is 0 Å². The third-order valence-corrected chi connectivity index (χ3v) is 5.88. The number of nitrogens with one attached hydrogen (secondary N) is 1. The summed E-state index contributed by atoms with van der Waals surface area (Å²) in [7, 11) is 0. The Balaban J connectivity index is 1.62. The van der Waals surface area contributed by atoms with E-state index < -0.39 is 17.5 Å². The minimum Gasteiger partial charge on any atom is -0.493 e. The lowest BCUT2D eigenvalue weighted by Crippen LogP contribution is -2.47. The molecule has 0 aliphatic carbocycles. The van der Waals surface area contributed by atoms with Gasteiger partial charge in [0.2, 0.25) is 0 Å².